The van der Waals surface area contributed by atoms with Crippen molar-refractivity contribution in [3.05, 3.63) is 49.5 Å². The van der Waals surface area contributed by atoms with Crippen molar-refractivity contribution in [2.24, 2.45) is 0 Å². The van der Waals surface area contributed by atoms with Crippen molar-refractivity contribution in [3.63, 3.8) is 0 Å². The van der Waals surface area contributed by atoms with E-state index >= 15 is 0 Å². The van der Waals surface area contributed by atoms with Crippen LogP contribution in [0.25, 0.3) is 0 Å². The van der Waals surface area contributed by atoms with Crippen molar-refractivity contribution in [1.29, 1.82) is 0 Å². The Kier molecular flexibility index (Phi) is 5.38. The first-order valence-electron chi connectivity index (χ1n) is 5.57. The van der Waals surface area contributed by atoms with Crippen LogP contribution in [0.2, 0.25) is 0 Å². The van der Waals surface area contributed by atoms with Gasteiger partial charge in [0.2, 0.25) is 10.0 Å². The molecule has 8 heteroatoms. The Hall–Kier alpha value is -0.250. The normalized spacial score (nSPS) is 13.3. The Morgan fingerprint density at radius 1 is 1.25 bits per heavy atom. The van der Waals surface area contributed by atoms with Crippen LogP contribution in [0, 0.1) is 0 Å². The number of hydrogen-bond acceptors (Lipinski definition) is 4. The van der Waals surface area contributed by atoms with E-state index in [-0.39, 0.29) is 11.4 Å². The van der Waals surface area contributed by atoms with E-state index in [9.17, 15) is 13.5 Å². The number of thiophene rings is 1. The lowest BCUT2D eigenvalue weighted by molar-refractivity contribution is 0.182. The van der Waals surface area contributed by atoms with Crippen molar-refractivity contribution in [1.82, 2.24) is 4.72 Å². The summed E-state index contributed by atoms with van der Waals surface area (Å²) in [6, 6.07) is 10.4. The summed E-state index contributed by atoms with van der Waals surface area (Å²) in [5, 5.41) is 9.96. The molecular formula is C12H11Br2NO3S2. The number of hydrogen-bond donors (Lipinski definition) is 2. The summed E-state index contributed by atoms with van der Waals surface area (Å²) < 4.78 is 27.9. The molecule has 0 aliphatic carbocycles. The van der Waals surface area contributed by atoms with E-state index in [2.05, 4.69) is 36.6 Å². The highest BCUT2D eigenvalue weighted by molar-refractivity contribution is 9.12. The van der Waals surface area contributed by atoms with Gasteiger partial charge in [-0.05, 0) is 43.5 Å². The van der Waals surface area contributed by atoms with Gasteiger partial charge in [-0.3, -0.25) is 0 Å². The summed E-state index contributed by atoms with van der Waals surface area (Å²) >= 11 is 7.73. The number of halogens is 2. The molecule has 2 N–H and O–H groups in total. The fourth-order valence-corrected chi connectivity index (χ4v) is 6.42. The predicted molar refractivity (Wildman–Crippen MR) is 86.3 cm³/mol. The van der Waals surface area contributed by atoms with Gasteiger partial charge in [0.25, 0.3) is 0 Å². The zero-order chi connectivity index (χ0) is 14.8. The van der Waals surface area contributed by atoms with Crippen LogP contribution in [0.15, 0.2) is 48.9 Å². The van der Waals surface area contributed by atoms with Crippen LogP contribution < -0.4 is 4.72 Å². The monoisotopic (exact) mass is 439 g/mol. The first-order chi connectivity index (χ1) is 9.40. The zero-order valence-corrected chi connectivity index (χ0v) is 14.9. The van der Waals surface area contributed by atoms with Crippen molar-refractivity contribution in [3.8, 4) is 0 Å². The van der Waals surface area contributed by atoms with Crippen LogP contribution in [-0.4, -0.2) is 20.1 Å². The molecule has 0 bridgehead atoms. The van der Waals surface area contributed by atoms with Crippen LogP contribution >= 0.6 is 43.2 Å². The quantitative estimate of drug-likeness (QED) is 0.749. The minimum atomic E-state index is -3.65. The van der Waals surface area contributed by atoms with Gasteiger partial charge in [0, 0.05) is 6.54 Å². The van der Waals surface area contributed by atoms with E-state index in [0.717, 1.165) is 0 Å². The molecule has 1 aromatic carbocycles. The van der Waals surface area contributed by atoms with Crippen LogP contribution in [0.4, 0.5) is 0 Å². The molecule has 0 aliphatic rings. The van der Waals surface area contributed by atoms with Crippen LogP contribution in [0.3, 0.4) is 0 Å². The molecule has 1 unspecified atom stereocenters. The lowest BCUT2D eigenvalue weighted by Crippen LogP contribution is -2.28. The Balaban J connectivity index is 2.08. The highest BCUT2D eigenvalue weighted by Crippen LogP contribution is 2.34. The molecule has 4 nitrogen and oxygen atoms in total. The molecule has 0 spiro atoms. The van der Waals surface area contributed by atoms with E-state index in [4.69, 9.17) is 0 Å². The molecule has 2 aromatic rings. The SMILES string of the molecule is O=S(=O)(NCC(O)c1ccccc1)c1cc(Br)sc1Br. The molecule has 108 valence electrons. The summed E-state index contributed by atoms with van der Waals surface area (Å²) in [4.78, 5) is 0.162. The average Bonchev–Trinajstić information content (AvgIpc) is 2.77. The topological polar surface area (TPSA) is 66.4 Å². The Labute approximate surface area is 138 Å². The summed E-state index contributed by atoms with van der Waals surface area (Å²) in [5.74, 6) is 0. The zero-order valence-electron chi connectivity index (χ0n) is 10.1. The second-order valence-electron chi connectivity index (χ2n) is 3.97. The maximum Gasteiger partial charge on any atom is 0.242 e. The smallest absolute Gasteiger partial charge is 0.242 e. The van der Waals surface area contributed by atoms with Crippen molar-refractivity contribution in [2.45, 2.75) is 11.0 Å². The van der Waals surface area contributed by atoms with E-state index in [1.165, 1.54) is 17.4 Å². The van der Waals surface area contributed by atoms with Gasteiger partial charge in [-0.2, -0.15) is 0 Å². The fourth-order valence-electron chi connectivity index (χ4n) is 1.57. The number of aliphatic hydroxyl groups is 1. The van der Waals surface area contributed by atoms with Crippen LogP contribution in [0.5, 0.6) is 0 Å². The fraction of sp³-hybridized carbons (Fsp3) is 0.167. The number of aliphatic hydroxyl groups excluding tert-OH is 1. The molecule has 0 radical (unpaired) electrons. The second kappa shape index (κ2) is 6.67. The van der Waals surface area contributed by atoms with Gasteiger partial charge in [0.1, 0.15) is 4.90 Å². The lowest BCUT2D eigenvalue weighted by atomic mass is 10.1. The molecule has 20 heavy (non-hydrogen) atoms. The number of rotatable bonds is 5. The molecule has 2 rings (SSSR count). The van der Waals surface area contributed by atoms with Gasteiger partial charge >= 0.3 is 0 Å². The largest absolute Gasteiger partial charge is 0.387 e. The van der Waals surface area contributed by atoms with Crippen molar-refractivity contribution < 1.29 is 13.5 Å². The molecule has 0 aliphatic heterocycles. The number of sulfonamides is 1. The van der Waals surface area contributed by atoms with Gasteiger partial charge in [0.05, 0.1) is 13.7 Å². The first-order valence-corrected chi connectivity index (χ1v) is 9.46. The summed E-state index contributed by atoms with van der Waals surface area (Å²) in [6.45, 7) is -0.0771. The lowest BCUT2D eigenvalue weighted by Gasteiger charge is -2.12. The first kappa shape index (κ1) is 16.1. The van der Waals surface area contributed by atoms with E-state index in [1.54, 1.807) is 24.3 Å². The van der Waals surface area contributed by atoms with Gasteiger partial charge in [-0.15, -0.1) is 11.3 Å². The maximum absolute atomic E-state index is 12.1. The highest BCUT2D eigenvalue weighted by atomic mass is 79.9. The minimum absolute atomic E-state index is 0.0771. The molecule has 0 saturated carbocycles. The average molecular weight is 441 g/mol. The Morgan fingerprint density at radius 2 is 1.90 bits per heavy atom. The van der Waals surface area contributed by atoms with E-state index in [1.807, 2.05) is 6.07 Å². The third-order valence-corrected chi connectivity index (χ3v) is 6.74. The van der Waals surface area contributed by atoms with Crippen molar-refractivity contribution >= 4 is 53.2 Å². The predicted octanol–water partition coefficient (Wildman–Crippen LogP) is 3.29. The second-order valence-corrected chi connectivity index (χ2v) is 9.45. The molecule has 0 fully saturated rings. The molecule has 1 aromatic heterocycles. The summed E-state index contributed by atoms with van der Waals surface area (Å²) in [6.07, 6.45) is -0.883. The van der Waals surface area contributed by atoms with Crippen LogP contribution in [-0.2, 0) is 10.0 Å². The Morgan fingerprint density at radius 3 is 2.45 bits per heavy atom. The van der Waals surface area contributed by atoms with Gasteiger partial charge in [0.15, 0.2) is 0 Å². The molecule has 1 atom stereocenters. The van der Waals surface area contributed by atoms with E-state index in [0.29, 0.717) is 13.1 Å². The molecule has 0 amide bonds. The standard InChI is InChI=1S/C12H11Br2NO3S2/c13-11-6-10(12(14)19-11)20(17,18)15-7-9(16)8-4-2-1-3-5-8/h1-6,9,15-16H,7H2. The Bertz CT molecular complexity index is 686. The van der Waals surface area contributed by atoms with Gasteiger partial charge < -0.3 is 5.11 Å². The number of benzene rings is 1. The van der Waals surface area contributed by atoms with E-state index < -0.39 is 16.1 Å². The van der Waals surface area contributed by atoms with Crippen molar-refractivity contribution in [2.75, 3.05) is 6.54 Å². The third-order valence-electron chi connectivity index (χ3n) is 2.57. The minimum Gasteiger partial charge on any atom is -0.387 e. The van der Waals surface area contributed by atoms with Gasteiger partial charge in [-0.1, -0.05) is 30.3 Å². The highest BCUT2D eigenvalue weighted by Gasteiger charge is 2.21. The molecular weight excluding hydrogens is 430 g/mol. The number of nitrogens with one attached hydrogen (secondary N) is 1. The van der Waals surface area contributed by atoms with Crippen LogP contribution in [0.1, 0.15) is 11.7 Å². The molecule has 0 saturated heterocycles. The maximum atomic E-state index is 12.1. The summed E-state index contributed by atoms with van der Waals surface area (Å²) in [5.41, 5.74) is 0.667. The van der Waals surface area contributed by atoms with Gasteiger partial charge in [-0.25, -0.2) is 13.1 Å². The summed E-state index contributed by atoms with van der Waals surface area (Å²) in [7, 11) is -3.65. The molecule has 1 heterocycles. The third kappa shape index (κ3) is 3.90.